The number of hydrogen-bond donors (Lipinski definition) is 2. The number of rotatable bonds is 6. The van der Waals surface area contributed by atoms with Gasteiger partial charge in [-0.05, 0) is 56.4 Å². The Labute approximate surface area is 153 Å². The Morgan fingerprint density at radius 2 is 1.92 bits per heavy atom. The minimum absolute atomic E-state index is 0.284. The van der Waals surface area contributed by atoms with Crippen LogP contribution in [-0.4, -0.2) is 22.4 Å². The normalized spacial score (nSPS) is 13.4. The van der Waals surface area contributed by atoms with E-state index in [2.05, 4.69) is 26.7 Å². The van der Waals surface area contributed by atoms with E-state index in [-0.39, 0.29) is 5.91 Å². The van der Waals surface area contributed by atoms with Gasteiger partial charge in [-0.25, -0.2) is 9.97 Å². The smallest absolute Gasteiger partial charge is 0.258 e. The van der Waals surface area contributed by atoms with Gasteiger partial charge in [0.05, 0.1) is 17.2 Å². The second kappa shape index (κ2) is 8.77. The van der Waals surface area contributed by atoms with E-state index < -0.39 is 0 Å². The second-order valence-electron chi connectivity index (χ2n) is 6.22. The molecule has 6 heteroatoms. The molecule has 0 unspecified atom stereocenters. The van der Waals surface area contributed by atoms with Crippen LogP contribution in [0.5, 0.6) is 0 Å². The van der Waals surface area contributed by atoms with Gasteiger partial charge in [-0.1, -0.05) is 11.6 Å². The van der Waals surface area contributed by atoms with Crippen LogP contribution in [0.2, 0.25) is 0 Å². The number of anilines is 2. The van der Waals surface area contributed by atoms with Crippen LogP contribution in [0.4, 0.5) is 11.6 Å². The Bertz CT molecular complexity index is 819. The van der Waals surface area contributed by atoms with Crippen LogP contribution in [0.15, 0.2) is 48.3 Å². The van der Waals surface area contributed by atoms with Crippen molar-refractivity contribution in [3.05, 3.63) is 59.4 Å². The Balaban J connectivity index is 1.50. The molecule has 1 aliphatic carbocycles. The fourth-order valence-corrected chi connectivity index (χ4v) is 2.83. The highest BCUT2D eigenvalue weighted by Gasteiger charge is 2.08. The summed E-state index contributed by atoms with van der Waals surface area (Å²) in [4.78, 5) is 20.6. The first kappa shape index (κ1) is 17.6. The molecule has 1 aliphatic rings. The van der Waals surface area contributed by atoms with E-state index in [1.54, 1.807) is 24.3 Å². The van der Waals surface area contributed by atoms with E-state index in [0.717, 1.165) is 13.0 Å². The molecule has 132 valence electrons. The summed E-state index contributed by atoms with van der Waals surface area (Å²) in [5, 5.41) is 14.7. The van der Waals surface area contributed by atoms with Crippen molar-refractivity contribution >= 4 is 17.5 Å². The van der Waals surface area contributed by atoms with Crippen molar-refractivity contribution in [3.8, 4) is 6.07 Å². The summed E-state index contributed by atoms with van der Waals surface area (Å²) in [5.41, 5.74) is 3.06. The number of nitrogens with zero attached hydrogens (tertiary/aromatic N) is 3. The summed E-state index contributed by atoms with van der Waals surface area (Å²) in [6, 6.07) is 8.72. The first-order valence-corrected chi connectivity index (χ1v) is 8.80. The Hall–Kier alpha value is -3.20. The topological polar surface area (TPSA) is 90.7 Å². The molecule has 1 aromatic carbocycles. The molecule has 0 saturated carbocycles. The molecule has 3 rings (SSSR count). The first-order valence-electron chi connectivity index (χ1n) is 8.80. The number of aromatic nitrogens is 2. The third-order valence-corrected chi connectivity index (χ3v) is 4.30. The van der Waals surface area contributed by atoms with E-state index in [1.807, 2.05) is 6.07 Å². The fraction of sp³-hybridized carbons (Fsp3) is 0.300. The Morgan fingerprint density at radius 3 is 2.58 bits per heavy atom. The zero-order valence-electron chi connectivity index (χ0n) is 14.5. The maximum Gasteiger partial charge on any atom is 0.258 e. The summed E-state index contributed by atoms with van der Waals surface area (Å²) in [6.07, 6.45) is 11.3. The number of amides is 1. The molecule has 0 aliphatic heterocycles. The molecule has 2 aromatic rings. The van der Waals surface area contributed by atoms with Gasteiger partial charge in [-0.2, -0.15) is 5.26 Å². The van der Waals surface area contributed by atoms with Crippen LogP contribution in [0.3, 0.4) is 0 Å². The van der Waals surface area contributed by atoms with Crippen LogP contribution >= 0.6 is 0 Å². The summed E-state index contributed by atoms with van der Waals surface area (Å²) in [7, 11) is 0. The molecule has 0 atom stereocenters. The molecule has 1 heterocycles. The molecule has 1 amide bonds. The van der Waals surface area contributed by atoms with Crippen LogP contribution in [0.25, 0.3) is 0 Å². The lowest BCUT2D eigenvalue weighted by Crippen LogP contribution is -2.14. The van der Waals surface area contributed by atoms with Gasteiger partial charge < -0.3 is 10.6 Å². The van der Waals surface area contributed by atoms with Gasteiger partial charge in [0.1, 0.15) is 0 Å². The largest absolute Gasteiger partial charge is 0.354 e. The molecule has 6 nitrogen and oxygen atoms in total. The van der Waals surface area contributed by atoms with Gasteiger partial charge >= 0.3 is 0 Å². The van der Waals surface area contributed by atoms with Gasteiger partial charge in [0.15, 0.2) is 0 Å². The number of nitrogens with one attached hydrogen (secondary N) is 2. The molecule has 0 bridgehead atoms. The van der Waals surface area contributed by atoms with E-state index in [0.29, 0.717) is 22.8 Å². The zero-order chi connectivity index (χ0) is 18.2. The SMILES string of the molecule is N#Cc1ccc(NC(=O)c2cnc(NCCC3=CCCCC3)nc2)cc1. The van der Waals surface area contributed by atoms with Crippen molar-refractivity contribution in [2.75, 3.05) is 17.2 Å². The predicted molar refractivity (Wildman–Crippen MR) is 101 cm³/mol. The zero-order valence-corrected chi connectivity index (χ0v) is 14.5. The molecule has 0 saturated heterocycles. The van der Waals surface area contributed by atoms with Crippen LogP contribution in [0, 0.1) is 11.3 Å². The van der Waals surface area contributed by atoms with Crippen molar-refractivity contribution in [1.82, 2.24) is 9.97 Å². The lowest BCUT2D eigenvalue weighted by molar-refractivity contribution is 0.102. The van der Waals surface area contributed by atoms with Crippen LogP contribution < -0.4 is 10.6 Å². The average molecular weight is 347 g/mol. The van der Waals surface area contributed by atoms with Gasteiger partial charge in [0.2, 0.25) is 5.95 Å². The summed E-state index contributed by atoms with van der Waals surface area (Å²) in [5.74, 6) is 0.241. The van der Waals surface area contributed by atoms with Gasteiger partial charge in [0.25, 0.3) is 5.91 Å². The molecule has 0 fully saturated rings. The molecule has 0 radical (unpaired) electrons. The molecule has 1 aromatic heterocycles. The number of allylic oxidation sites excluding steroid dienone is 1. The van der Waals surface area contributed by atoms with Crippen molar-refractivity contribution in [1.29, 1.82) is 5.26 Å². The van der Waals surface area contributed by atoms with Gasteiger partial charge in [0, 0.05) is 24.6 Å². The summed E-state index contributed by atoms with van der Waals surface area (Å²) in [6.45, 7) is 0.794. The minimum atomic E-state index is -0.284. The number of benzene rings is 1. The van der Waals surface area contributed by atoms with Crippen LogP contribution in [-0.2, 0) is 0 Å². The standard InChI is InChI=1S/C20H21N5O/c21-12-16-6-8-18(9-7-16)25-19(26)17-13-23-20(24-14-17)22-11-10-15-4-2-1-3-5-15/h4,6-9,13-14H,1-3,5,10-11H2,(H,25,26)(H,22,23,24). The Morgan fingerprint density at radius 1 is 1.15 bits per heavy atom. The maximum atomic E-state index is 12.2. The lowest BCUT2D eigenvalue weighted by Gasteiger charge is -2.12. The first-order chi connectivity index (χ1) is 12.7. The van der Waals surface area contributed by atoms with Crippen molar-refractivity contribution in [3.63, 3.8) is 0 Å². The highest BCUT2D eigenvalue weighted by Crippen LogP contribution is 2.19. The van der Waals surface area contributed by atoms with Crippen molar-refractivity contribution in [2.24, 2.45) is 0 Å². The highest BCUT2D eigenvalue weighted by atomic mass is 16.1. The lowest BCUT2D eigenvalue weighted by atomic mass is 9.97. The monoisotopic (exact) mass is 347 g/mol. The molecule has 0 spiro atoms. The second-order valence-corrected chi connectivity index (χ2v) is 6.22. The number of nitriles is 1. The van der Waals surface area contributed by atoms with E-state index in [1.165, 1.54) is 43.7 Å². The molecular formula is C20H21N5O. The Kier molecular flexibility index (Phi) is 5.94. The maximum absolute atomic E-state index is 12.2. The van der Waals surface area contributed by atoms with Crippen LogP contribution in [0.1, 0.15) is 48.0 Å². The minimum Gasteiger partial charge on any atom is -0.354 e. The fourth-order valence-electron chi connectivity index (χ4n) is 2.83. The predicted octanol–water partition coefficient (Wildman–Crippen LogP) is 3.90. The van der Waals surface area contributed by atoms with E-state index in [9.17, 15) is 4.79 Å². The van der Waals surface area contributed by atoms with Gasteiger partial charge in [-0.15, -0.1) is 0 Å². The number of carbonyl (C=O) groups excluding carboxylic acids is 1. The third-order valence-electron chi connectivity index (χ3n) is 4.30. The molecule has 2 N–H and O–H groups in total. The highest BCUT2D eigenvalue weighted by molar-refractivity contribution is 6.03. The number of carbonyl (C=O) groups is 1. The van der Waals surface area contributed by atoms with E-state index in [4.69, 9.17) is 5.26 Å². The van der Waals surface area contributed by atoms with E-state index >= 15 is 0 Å². The molecular weight excluding hydrogens is 326 g/mol. The third kappa shape index (κ3) is 4.90. The molecule has 26 heavy (non-hydrogen) atoms. The quantitative estimate of drug-likeness (QED) is 0.773. The van der Waals surface area contributed by atoms with Crippen molar-refractivity contribution in [2.45, 2.75) is 32.1 Å². The summed E-state index contributed by atoms with van der Waals surface area (Å²) >= 11 is 0. The van der Waals surface area contributed by atoms with Crippen molar-refractivity contribution < 1.29 is 4.79 Å². The van der Waals surface area contributed by atoms with Gasteiger partial charge in [-0.3, -0.25) is 4.79 Å². The average Bonchev–Trinajstić information content (AvgIpc) is 2.70. The number of hydrogen-bond acceptors (Lipinski definition) is 5. The summed E-state index contributed by atoms with van der Waals surface area (Å²) < 4.78 is 0.